The van der Waals surface area contributed by atoms with Crippen molar-refractivity contribution in [2.75, 3.05) is 18.6 Å². The molecule has 1 aliphatic heterocycles. The lowest BCUT2D eigenvalue weighted by atomic mass is 10.1. The number of hydrogen-bond donors (Lipinski definition) is 1. The highest BCUT2D eigenvalue weighted by molar-refractivity contribution is 6.42. The smallest absolute Gasteiger partial charge is 0.416 e. The predicted octanol–water partition coefficient (Wildman–Crippen LogP) is 4.82. The number of alkyl halides is 3. The van der Waals surface area contributed by atoms with Crippen molar-refractivity contribution in [1.29, 1.82) is 0 Å². The van der Waals surface area contributed by atoms with Gasteiger partial charge in [0.2, 0.25) is 0 Å². The van der Waals surface area contributed by atoms with E-state index in [1.54, 1.807) is 12.1 Å². The van der Waals surface area contributed by atoms with Crippen LogP contribution in [0.15, 0.2) is 42.0 Å². The van der Waals surface area contributed by atoms with Gasteiger partial charge in [-0.05, 0) is 48.4 Å². The molecular formula is C22H18ClF3N2O5. The van der Waals surface area contributed by atoms with E-state index >= 15 is 0 Å². The molecule has 0 radical (unpaired) electrons. The number of hydrogen-bond acceptors (Lipinski definition) is 5. The lowest BCUT2D eigenvalue weighted by molar-refractivity contribution is -0.137. The predicted molar refractivity (Wildman–Crippen MR) is 114 cm³/mol. The van der Waals surface area contributed by atoms with Crippen LogP contribution < -0.4 is 19.7 Å². The number of ether oxygens (including phenoxy) is 2. The fourth-order valence-electron chi connectivity index (χ4n) is 3.01. The van der Waals surface area contributed by atoms with Crippen LogP contribution in [0.2, 0.25) is 5.02 Å². The second kappa shape index (κ2) is 9.53. The van der Waals surface area contributed by atoms with Crippen molar-refractivity contribution in [1.82, 2.24) is 5.32 Å². The Kier molecular flexibility index (Phi) is 6.97. The number of amides is 4. The third-order valence-electron chi connectivity index (χ3n) is 4.58. The fourth-order valence-corrected chi connectivity index (χ4v) is 3.21. The highest BCUT2D eigenvalue weighted by Gasteiger charge is 2.39. The monoisotopic (exact) mass is 482 g/mol. The molecular weight excluding hydrogens is 465 g/mol. The Labute approximate surface area is 191 Å². The SMILES string of the molecule is CCCOc1ccc(/C=C2\C(=O)NC(=O)N(c3cc(C(F)(F)F)ccc3Cl)C2=O)cc1OC. The Morgan fingerprint density at radius 2 is 1.82 bits per heavy atom. The molecule has 1 saturated heterocycles. The molecule has 11 heteroatoms. The summed E-state index contributed by atoms with van der Waals surface area (Å²) in [5.74, 6) is -1.34. The average Bonchev–Trinajstić information content (AvgIpc) is 2.75. The van der Waals surface area contributed by atoms with Crippen LogP contribution in [0.4, 0.5) is 23.7 Å². The highest BCUT2D eigenvalue weighted by atomic mass is 35.5. The number of anilines is 1. The quantitative estimate of drug-likeness (QED) is 0.471. The molecule has 3 rings (SSSR count). The molecule has 1 N–H and O–H groups in total. The summed E-state index contributed by atoms with van der Waals surface area (Å²) >= 11 is 5.98. The van der Waals surface area contributed by atoms with Crippen molar-refractivity contribution in [3.05, 3.63) is 58.1 Å². The van der Waals surface area contributed by atoms with E-state index in [1.165, 1.54) is 19.3 Å². The van der Waals surface area contributed by atoms with Crippen molar-refractivity contribution in [3.63, 3.8) is 0 Å². The van der Waals surface area contributed by atoms with Crippen LogP contribution in [0.3, 0.4) is 0 Å². The van der Waals surface area contributed by atoms with Crippen LogP contribution in [0.5, 0.6) is 11.5 Å². The summed E-state index contributed by atoms with van der Waals surface area (Å²) in [5, 5.41) is 1.67. The minimum Gasteiger partial charge on any atom is -0.493 e. The molecule has 0 atom stereocenters. The molecule has 33 heavy (non-hydrogen) atoms. The molecule has 0 aliphatic carbocycles. The zero-order chi connectivity index (χ0) is 24.3. The zero-order valence-corrected chi connectivity index (χ0v) is 18.2. The van der Waals surface area contributed by atoms with Crippen LogP contribution in [0.25, 0.3) is 6.08 Å². The summed E-state index contributed by atoms with van der Waals surface area (Å²) in [6, 6.07) is 5.63. The summed E-state index contributed by atoms with van der Waals surface area (Å²) in [5.41, 5.74) is -1.74. The minimum atomic E-state index is -4.73. The molecule has 0 unspecified atom stereocenters. The molecule has 0 aromatic heterocycles. The molecule has 1 aliphatic rings. The van der Waals surface area contributed by atoms with E-state index in [4.69, 9.17) is 21.1 Å². The molecule has 7 nitrogen and oxygen atoms in total. The van der Waals surface area contributed by atoms with Gasteiger partial charge in [0.1, 0.15) is 5.57 Å². The van der Waals surface area contributed by atoms with Crippen molar-refractivity contribution >= 4 is 41.2 Å². The number of nitrogens with one attached hydrogen (secondary N) is 1. The fraction of sp³-hybridized carbons (Fsp3) is 0.227. The number of benzene rings is 2. The molecule has 2 aromatic rings. The van der Waals surface area contributed by atoms with Gasteiger partial charge in [-0.1, -0.05) is 24.6 Å². The number of halogens is 4. The highest BCUT2D eigenvalue weighted by Crippen LogP contribution is 2.37. The van der Waals surface area contributed by atoms with E-state index in [2.05, 4.69) is 0 Å². The van der Waals surface area contributed by atoms with Gasteiger partial charge < -0.3 is 9.47 Å². The molecule has 174 valence electrons. The van der Waals surface area contributed by atoms with Gasteiger partial charge in [0.25, 0.3) is 11.8 Å². The van der Waals surface area contributed by atoms with Crippen LogP contribution in [0, 0.1) is 0 Å². The lowest BCUT2D eigenvalue weighted by Gasteiger charge is -2.27. The summed E-state index contributed by atoms with van der Waals surface area (Å²) in [4.78, 5) is 38.1. The van der Waals surface area contributed by atoms with E-state index in [0.29, 0.717) is 40.7 Å². The van der Waals surface area contributed by atoms with Crippen molar-refractivity contribution in [2.24, 2.45) is 0 Å². The van der Waals surface area contributed by atoms with Gasteiger partial charge in [0.15, 0.2) is 11.5 Å². The van der Waals surface area contributed by atoms with Crippen molar-refractivity contribution in [2.45, 2.75) is 19.5 Å². The number of methoxy groups -OCH3 is 1. The van der Waals surface area contributed by atoms with E-state index in [0.717, 1.165) is 12.5 Å². The Morgan fingerprint density at radius 1 is 1.09 bits per heavy atom. The van der Waals surface area contributed by atoms with Crippen molar-refractivity contribution < 1.29 is 37.0 Å². The Hall–Kier alpha value is -3.53. The first-order valence-corrected chi connectivity index (χ1v) is 10.0. The van der Waals surface area contributed by atoms with E-state index in [9.17, 15) is 27.6 Å². The maximum absolute atomic E-state index is 13.1. The van der Waals surface area contributed by atoms with Gasteiger partial charge in [-0.2, -0.15) is 13.2 Å². The maximum atomic E-state index is 13.1. The normalized spacial score (nSPS) is 15.6. The molecule has 1 heterocycles. The van der Waals surface area contributed by atoms with E-state index < -0.39 is 40.8 Å². The third kappa shape index (κ3) is 5.11. The van der Waals surface area contributed by atoms with Crippen molar-refractivity contribution in [3.8, 4) is 11.5 Å². The van der Waals surface area contributed by atoms with Gasteiger partial charge in [-0.25, -0.2) is 9.69 Å². The van der Waals surface area contributed by atoms with Gasteiger partial charge in [0, 0.05) is 0 Å². The first-order chi connectivity index (χ1) is 15.6. The first kappa shape index (κ1) is 24.1. The number of urea groups is 1. The number of rotatable bonds is 6. The lowest BCUT2D eigenvalue weighted by Crippen LogP contribution is -2.54. The minimum absolute atomic E-state index is 0.278. The zero-order valence-electron chi connectivity index (χ0n) is 17.5. The number of carbonyl (C=O) groups is 3. The number of barbiturate groups is 1. The van der Waals surface area contributed by atoms with Crippen LogP contribution in [-0.2, 0) is 15.8 Å². The Morgan fingerprint density at radius 3 is 2.45 bits per heavy atom. The summed E-state index contributed by atoms with van der Waals surface area (Å²) in [6.45, 7) is 2.38. The molecule has 0 saturated carbocycles. The van der Waals surface area contributed by atoms with Crippen LogP contribution in [-0.4, -0.2) is 31.6 Å². The second-order valence-electron chi connectivity index (χ2n) is 6.88. The summed E-state index contributed by atoms with van der Waals surface area (Å²) in [7, 11) is 1.42. The Balaban J connectivity index is 2.02. The topological polar surface area (TPSA) is 84.9 Å². The number of nitrogens with zero attached hydrogens (tertiary/aromatic N) is 1. The Bertz CT molecular complexity index is 1150. The second-order valence-corrected chi connectivity index (χ2v) is 7.29. The largest absolute Gasteiger partial charge is 0.493 e. The van der Waals surface area contributed by atoms with Gasteiger partial charge in [0.05, 0.1) is 30.0 Å². The van der Waals surface area contributed by atoms with Gasteiger partial charge in [-0.15, -0.1) is 0 Å². The first-order valence-electron chi connectivity index (χ1n) is 9.65. The maximum Gasteiger partial charge on any atom is 0.416 e. The molecule has 0 spiro atoms. The summed E-state index contributed by atoms with van der Waals surface area (Å²) in [6.07, 6.45) is -2.78. The average molecular weight is 483 g/mol. The molecule has 4 amide bonds. The number of imide groups is 2. The molecule has 0 bridgehead atoms. The van der Waals surface area contributed by atoms with Crippen LogP contribution >= 0.6 is 11.6 Å². The van der Waals surface area contributed by atoms with Crippen LogP contribution in [0.1, 0.15) is 24.5 Å². The summed E-state index contributed by atoms with van der Waals surface area (Å²) < 4.78 is 50.2. The molecule has 1 fully saturated rings. The van der Waals surface area contributed by atoms with E-state index in [1.807, 2.05) is 12.2 Å². The number of carbonyl (C=O) groups excluding carboxylic acids is 3. The van der Waals surface area contributed by atoms with E-state index in [-0.39, 0.29) is 5.02 Å². The third-order valence-corrected chi connectivity index (χ3v) is 4.90. The standard InChI is InChI=1S/C22H18ClF3N2O5/c1-3-8-33-17-7-4-12(10-18(17)32-2)9-14-19(29)27-21(31)28(20(14)30)16-11-13(22(24,25)26)5-6-15(16)23/h4-7,9-11H,3,8H2,1-2H3,(H,27,29,31)/b14-9+. The van der Waals surface area contributed by atoms with Gasteiger partial charge in [-0.3, -0.25) is 14.9 Å². The van der Waals surface area contributed by atoms with Gasteiger partial charge >= 0.3 is 12.2 Å². The molecule has 2 aromatic carbocycles.